The molecule has 0 heterocycles. The molecule has 1 atom stereocenters. The molecule has 2 rings (SSSR count). The molecule has 102 valence electrons. The lowest BCUT2D eigenvalue weighted by Gasteiger charge is -2.30. The Morgan fingerprint density at radius 1 is 1.50 bits per heavy atom. The molecule has 1 aliphatic carbocycles. The van der Waals surface area contributed by atoms with Gasteiger partial charge in [0.1, 0.15) is 0 Å². The Morgan fingerprint density at radius 2 is 2.30 bits per heavy atom. The van der Waals surface area contributed by atoms with Crippen LogP contribution in [0.25, 0.3) is 6.08 Å². The molecule has 1 aromatic rings. The monoisotopic (exact) mass is 264 g/mol. The van der Waals surface area contributed by atoms with Crippen LogP contribution in [0.5, 0.6) is 0 Å². The molecule has 1 aromatic carbocycles. The first-order valence-electron chi connectivity index (χ1n) is 6.62. The van der Waals surface area contributed by atoms with E-state index in [2.05, 4.69) is 61.5 Å². The quantitative estimate of drug-likeness (QED) is 0.637. The van der Waals surface area contributed by atoms with Crippen LogP contribution >= 0.6 is 0 Å². The van der Waals surface area contributed by atoms with Gasteiger partial charge in [-0.25, -0.2) is 0 Å². The molecule has 2 heteroatoms. The van der Waals surface area contributed by atoms with Crippen molar-refractivity contribution >= 4 is 11.8 Å². The van der Waals surface area contributed by atoms with Crippen LogP contribution in [0.3, 0.4) is 0 Å². The van der Waals surface area contributed by atoms with Crippen LogP contribution in [-0.2, 0) is 6.42 Å². The van der Waals surface area contributed by atoms with Crippen LogP contribution in [0.1, 0.15) is 18.1 Å². The van der Waals surface area contributed by atoms with Crippen LogP contribution in [0.4, 0.5) is 5.69 Å². The van der Waals surface area contributed by atoms with Crippen LogP contribution < -0.4 is 11.1 Å². The Balaban J connectivity index is 2.37. The molecule has 0 fully saturated rings. The van der Waals surface area contributed by atoms with Crippen molar-refractivity contribution in [2.45, 2.75) is 13.3 Å². The fraction of sp³-hybridized carbons (Fsp3) is 0.167. The Hall–Kier alpha value is -2.44. The number of benzene rings is 1. The number of rotatable bonds is 4. The first-order chi connectivity index (χ1) is 9.60. The van der Waals surface area contributed by atoms with Crippen LogP contribution in [0.15, 0.2) is 67.2 Å². The summed E-state index contributed by atoms with van der Waals surface area (Å²) < 4.78 is 0. The number of nitrogens with one attached hydrogen (secondary N) is 1. The van der Waals surface area contributed by atoms with E-state index in [1.807, 2.05) is 12.3 Å². The second-order valence-electron chi connectivity index (χ2n) is 5.14. The number of allylic oxidation sites excluding steroid dienone is 3. The largest absolute Gasteiger partial charge is 0.395 e. The van der Waals surface area contributed by atoms with Gasteiger partial charge in [-0.1, -0.05) is 43.5 Å². The van der Waals surface area contributed by atoms with Crippen molar-refractivity contribution in [2.75, 3.05) is 5.32 Å². The average molecular weight is 264 g/mol. The van der Waals surface area contributed by atoms with Gasteiger partial charge in [0, 0.05) is 22.9 Å². The lowest BCUT2D eigenvalue weighted by atomic mass is 9.75. The molecule has 20 heavy (non-hydrogen) atoms. The van der Waals surface area contributed by atoms with Gasteiger partial charge in [-0.2, -0.15) is 0 Å². The predicted octanol–water partition coefficient (Wildman–Crippen LogP) is 4.00. The summed E-state index contributed by atoms with van der Waals surface area (Å²) in [6, 6.07) is 6.25. The van der Waals surface area contributed by atoms with Crippen molar-refractivity contribution in [3.63, 3.8) is 0 Å². The highest BCUT2D eigenvalue weighted by Crippen LogP contribution is 2.38. The molecule has 2 nitrogen and oxygen atoms in total. The van der Waals surface area contributed by atoms with E-state index in [-0.39, 0.29) is 5.41 Å². The van der Waals surface area contributed by atoms with Gasteiger partial charge in [-0.3, -0.25) is 0 Å². The fourth-order valence-electron chi connectivity index (χ4n) is 2.40. The molecule has 0 spiro atoms. The molecular weight excluding hydrogens is 244 g/mol. The molecule has 0 saturated carbocycles. The Bertz CT molecular complexity index is 631. The normalized spacial score (nSPS) is 20.2. The van der Waals surface area contributed by atoms with E-state index in [1.54, 1.807) is 6.08 Å². The molecule has 0 saturated heterocycles. The third-order valence-electron chi connectivity index (χ3n) is 3.65. The van der Waals surface area contributed by atoms with Gasteiger partial charge in [0.05, 0.1) is 5.70 Å². The molecule has 0 radical (unpaired) electrons. The smallest absolute Gasteiger partial charge is 0.0607 e. The summed E-state index contributed by atoms with van der Waals surface area (Å²) in [7, 11) is 0. The number of nitrogens with two attached hydrogens (primary N) is 1. The third kappa shape index (κ3) is 2.61. The molecule has 0 aliphatic heterocycles. The first kappa shape index (κ1) is 14.0. The van der Waals surface area contributed by atoms with Gasteiger partial charge in [0.2, 0.25) is 0 Å². The van der Waals surface area contributed by atoms with E-state index in [9.17, 15) is 0 Å². The van der Waals surface area contributed by atoms with E-state index in [0.717, 1.165) is 12.1 Å². The van der Waals surface area contributed by atoms with E-state index in [1.165, 1.54) is 11.1 Å². The zero-order chi connectivity index (χ0) is 14.6. The summed E-state index contributed by atoms with van der Waals surface area (Å²) in [6.07, 6.45) is 10.6. The second kappa shape index (κ2) is 5.68. The zero-order valence-corrected chi connectivity index (χ0v) is 11.8. The standard InChI is InChI=1S/C18H20N2/c1-4-6-12-20-16-9-7-8-14-13-18(3,17(19)5-2)11-10-15(14)16/h4,6-12,20H,1-2,13,19H2,3H3/b12-6-. The molecule has 1 unspecified atom stereocenters. The maximum absolute atomic E-state index is 6.03. The SMILES string of the molecule is C=C=C(N)C1(C)C=Cc2c(cccc2N/C=C\C=C)C1. The highest BCUT2D eigenvalue weighted by molar-refractivity contribution is 5.73. The third-order valence-corrected chi connectivity index (χ3v) is 3.65. The van der Waals surface area contributed by atoms with Crippen LogP contribution in [0.2, 0.25) is 0 Å². The number of hydrogen-bond acceptors (Lipinski definition) is 2. The van der Waals surface area contributed by atoms with Gasteiger partial charge in [0.15, 0.2) is 0 Å². The highest BCUT2D eigenvalue weighted by atomic mass is 14.8. The lowest BCUT2D eigenvalue weighted by Crippen LogP contribution is -2.27. The van der Waals surface area contributed by atoms with Gasteiger partial charge < -0.3 is 11.1 Å². The van der Waals surface area contributed by atoms with Crippen molar-refractivity contribution in [1.82, 2.24) is 0 Å². The fourth-order valence-corrected chi connectivity index (χ4v) is 2.40. The Morgan fingerprint density at radius 3 is 3.00 bits per heavy atom. The van der Waals surface area contributed by atoms with Gasteiger partial charge in [-0.15, -0.1) is 5.73 Å². The summed E-state index contributed by atoms with van der Waals surface area (Å²) in [6.45, 7) is 9.42. The molecule has 0 bridgehead atoms. The zero-order valence-electron chi connectivity index (χ0n) is 11.8. The Kier molecular flexibility index (Phi) is 3.97. The van der Waals surface area contributed by atoms with E-state index in [0.29, 0.717) is 5.70 Å². The molecular formula is C18H20N2. The summed E-state index contributed by atoms with van der Waals surface area (Å²) in [4.78, 5) is 0. The highest BCUT2D eigenvalue weighted by Gasteiger charge is 2.29. The lowest BCUT2D eigenvalue weighted by molar-refractivity contribution is 0.502. The summed E-state index contributed by atoms with van der Waals surface area (Å²) in [5.74, 6) is 0. The van der Waals surface area contributed by atoms with Crippen molar-refractivity contribution in [1.29, 1.82) is 0 Å². The summed E-state index contributed by atoms with van der Waals surface area (Å²) >= 11 is 0. The summed E-state index contributed by atoms with van der Waals surface area (Å²) in [5, 5.41) is 3.28. The number of hydrogen-bond donors (Lipinski definition) is 2. The topological polar surface area (TPSA) is 38.0 Å². The maximum Gasteiger partial charge on any atom is 0.0607 e. The predicted molar refractivity (Wildman–Crippen MR) is 87.1 cm³/mol. The minimum absolute atomic E-state index is 0.204. The number of anilines is 1. The van der Waals surface area contributed by atoms with E-state index >= 15 is 0 Å². The van der Waals surface area contributed by atoms with E-state index in [4.69, 9.17) is 5.73 Å². The van der Waals surface area contributed by atoms with Crippen LogP contribution in [0, 0.1) is 5.41 Å². The van der Waals surface area contributed by atoms with Crippen molar-refractivity contribution in [3.8, 4) is 0 Å². The Labute approximate surface area is 120 Å². The minimum Gasteiger partial charge on any atom is -0.395 e. The van der Waals surface area contributed by atoms with Crippen LogP contribution in [-0.4, -0.2) is 0 Å². The number of fused-ring (bicyclic) bond motifs is 1. The second-order valence-corrected chi connectivity index (χ2v) is 5.14. The van der Waals surface area contributed by atoms with Crippen molar-refractivity contribution in [2.24, 2.45) is 11.1 Å². The first-order valence-corrected chi connectivity index (χ1v) is 6.62. The van der Waals surface area contributed by atoms with E-state index < -0.39 is 0 Å². The maximum atomic E-state index is 6.03. The summed E-state index contributed by atoms with van der Waals surface area (Å²) in [5.41, 5.74) is 12.9. The minimum atomic E-state index is -0.204. The molecule has 0 amide bonds. The van der Waals surface area contributed by atoms with Crippen molar-refractivity contribution < 1.29 is 0 Å². The molecule has 3 N–H and O–H groups in total. The average Bonchev–Trinajstić information content (AvgIpc) is 2.46. The van der Waals surface area contributed by atoms with Crippen molar-refractivity contribution in [3.05, 3.63) is 78.3 Å². The van der Waals surface area contributed by atoms with Gasteiger partial charge in [-0.05, 0) is 31.1 Å². The van der Waals surface area contributed by atoms with Gasteiger partial charge >= 0.3 is 0 Å². The van der Waals surface area contributed by atoms with Gasteiger partial charge in [0.25, 0.3) is 0 Å². The molecule has 0 aromatic heterocycles. The molecule has 1 aliphatic rings.